The van der Waals surface area contributed by atoms with Gasteiger partial charge >= 0.3 is 0 Å². The van der Waals surface area contributed by atoms with Gasteiger partial charge in [-0.2, -0.15) is 0 Å². The lowest BCUT2D eigenvalue weighted by atomic mass is 9.87. The van der Waals surface area contributed by atoms with Gasteiger partial charge in [-0.05, 0) is 22.5 Å². The molecule has 2 nitrogen and oxygen atoms in total. The standard InChI is InChI=1S/C16H23NO/c1-15(2,3)9-12(18)14-13(16(14,4)5)11-7-6-8-17-10-11/h6-8,10,13-14H,9H2,1-5H3. The Hall–Kier alpha value is -1.18. The normalized spacial score (nSPS) is 25.8. The van der Waals surface area contributed by atoms with E-state index in [2.05, 4.69) is 45.7 Å². The van der Waals surface area contributed by atoms with Gasteiger partial charge in [0.2, 0.25) is 0 Å². The maximum Gasteiger partial charge on any atom is 0.137 e. The van der Waals surface area contributed by atoms with Crippen LogP contribution in [-0.2, 0) is 4.79 Å². The van der Waals surface area contributed by atoms with Crippen molar-refractivity contribution in [1.29, 1.82) is 0 Å². The predicted octanol–water partition coefficient (Wildman–Crippen LogP) is 3.83. The van der Waals surface area contributed by atoms with E-state index in [0.717, 1.165) is 0 Å². The maximum absolute atomic E-state index is 12.4. The van der Waals surface area contributed by atoms with Crippen molar-refractivity contribution in [2.24, 2.45) is 16.7 Å². The number of carbonyl (C=O) groups excluding carboxylic acids is 1. The zero-order valence-electron chi connectivity index (χ0n) is 12.0. The van der Waals surface area contributed by atoms with E-state index < -0.39 is 0 Å². The number of ketones is 1. The second-order valence-electron chi connectivity index (χ2n) is 7.27. The molecule has 0 radical (unpaired) electrons. The van der Waals surface area contributed by atoms with Crippen LogP contribution in [0.5, 0.6) is 0 Å². The molecule has 18 heavy (non-hydrogen) atoms. The summed E-state index contributed by atoms with van der Waals surface area (Å²) < 4.78 is 0. The number of hydrogen-bond donors (Lipinski definition) is 0. The highest BCUT2D eigenvalue weighted by atomic mass is 16.1. The SMILES string of the molecule is CC(C)(C)CC(=O)C1C(c2cccnc2)C1(C)C. The third-order valence-electron chi connectivity index (χ3n) is 3.92. The number of rotatable bonds is 3. The van der Waals surface area contributed by atoms with Crippen LogP contribution >= 0.6 is 0 Å². The first-order chi connectivity index (χ1) is 8.23. The molecule has 0 bridgehead atoms. The lowest BCUT2D eigenvalue weighted by molar-refractivity contribution is -0.122. The molecule has 0 amide bonds. The summed E-state index contributed by atoms with van der Waals surface area (Å²) in [6.07, 6.45) is 4.35. The van der Waals surface area contributed by atoms with Crippen LogP contribution in [0.4, 0.5) is 0 Å². The van der Waals surface area contributed by atoms with Crippen LogP contribution in [0.25, 0.3) is 0 Å². The van der Waals surface area contributed by atoms with E-state index >= 15 is 0 Å². The summed E-state index contributed by atoms with van der Waals surface area (Å²) in [7, 11) is 0. The Balaban J connectivity index is 2.15. The van der Waals surface area contributed by atoms with Gasteiger partial charge in [0.1, 0.15) is 5.78 Å². The lowest BCUT2D eigenvalue weighted by Crippen LogP contribution is -2.16. The monoisotopic (exact) mass is 245 g/mol. The number of Topliss-reactive ketones (excluding diaryl/α,β-unsaturated/α-hetero) is 1. The zero-order chi connectivity index (χ0) is 13.6. The molecule has 0 spiro atoms. The molecule has 1 aromatic heterocycles. The average molecular weight is 245 g/mol. The van der Waals surface area contributed by atoms with Crippen molar-refractivity contribution in [3.05, 3.63) is 30.1 Å². The Labute approximate surface area is 110 Å². The molecule has 0 saturated heterocycles. The van der Waals surface area contributed by atoms with Crippen LogP contribution in [0.1, 0.15) is 52.5 Å². The maximum atomic E-state index is 12.4. The van der Waals surface area contributed by atoms with E-state index in [0.29, 0.717) is 18.1 Å². The van der Waals surface area contributed by atoms with Gasteiger partial charge < -0.3 is 0 Å². The Kier molecular flexibility index (Phi) is 3.08. The van der Waals surface area contributed by atoms with Crippen LogP contribution in [0.2, 0.25) is 0 Å². The molecule has 2 unspecified atom stereocenters. The Morgan fingerprint density at radius 3 is 2.56 bits per heavy atom. The Morgan fingerprint density at radius 1 is 1.39 bits per heavy atom. The summed E-state index contributed by atoms with van der Waals surface area (Å²) in [6.45, 7) is 10.8. The summed E-state index contributed by atoms with van der Waals surface area (Å²) in [4.78, 5) is 16.6. The molecular weight excluding hydrogens is 222 g/mol. The van der Waals surface area contributed by atoms with Crippen molar-refractivity contribution in [2.75, 3.05) is 0 Å². The highest BCUT2D eigenvalue weighted by Crippen LogP contribution is 2.65. The largest absolute Gasteiger partial charge is 0.299 e. The van der Waals surface area contributed by atoms with Crippen LogP contribution in [0, 0.1) is 16.7 Å². The van der Waals surface area contributed by atoms with Crippen molar-refractivity contribution in [2.45, 2.75) is 47.0 Å². The molecule has 1 heterocycles. The van der Waals surface area contributed by atoms with Gasteiger partial charge in [-0.3, -0.25) is 9.78 Å². The predicted molar refractivity (Wildman–Crippen MR) is 73.3 cm³/mol. The van der Waals surface area contributed by atoms with Crippen molar-refractivity contribution in [3.8, 4) is 0 Å². The summed E-state index contributed by atoms with van der Waals surface area (Å²) in [5.41, 5.74) is 1.37. The van der Waals surface area contributed by atoms with Crippen molar-refractivity contribution in [3.63, 3.8) is 0 Å². The minimum Gasteiger partial charge on any atom is -0.299 e. The molecule has 1 fully saturated rings. The molecule has 2 rings (SSSR count). The molecule has 0 aliphatic heterocycles. The summed E-state index contributed by atoms with van der Waals surface area (Å²) in [6, 6.07) is 4.04. The first-order valence-electron chi connectivity index (χ1n) is 6.66. The number of pyridine rings is 1. The van der Waals surface area contributed by atoms with Crippen molar-refractivity contribution < 1.29 is 4.79 Å². The van der Waals surface area contributed by atoms with E-state index in [4.69, 9.17) is 0 Å². The molecule has 0 N–H and O–H groups in total. The topological polar surface area (TPSA) is 30.0 Å². The number of nitrogens with zero attached hydrogens (tertiary/aromatic N) is 1. The van der Waals surface area contributed by atoms with Crippen LogP contribution in [0.15, 0.2) is 24.5 Å². The van der Waals surface area contributed by atoms with E-state index in [1.807, 2.05) is 12.3 Å². The molecule has 1 aliphatic carbocycles. The third-order valence-corrected chi connectivity index (χ3v) is 3.92. The van der Waals surface area contributed by atoms with Gasteiger partial charge in [-0.25, -0.2) is 0 Å². The lowest BCUT2D eigenvalue weighted by Gasteiger charge is -2.17. The first-order valence-corrected chi connectivity index (χ1v) is 6.66. The van der Waals surface area contributed by atoms with Crippen LogP contribution < -0.4 is 0 Å². The molecule has 1 saturated carbocycles. The van der Waals surface area contributed by atoms with E-state index in [1.165, 1.54) is 5.56 Å². The zero-order valence-corrected chi connectivity index (χ0v) is 12.0. The second kappa shape index (κ2) is 4.18. The smallest absolute Gasteiger partial charge is 0.137 e. The highest BCUT2D eigenvalue weighted by Gasteiger charge is 2.61. The fourth-order valence-electron chi connectivity index (χ4n) is 3.05. The van der Waals surface area contributed by atoms with Crippen LogP contribution in [0.3, 0.4) is 0 Å². The highest BCUT2D eigenvalue weighted by molar-refractivity contribution is 5.87. The van der Waals surface area contributed by atoms with Gasteiger partial charge in [0, 0.05) is 30.7 Å². The average Bonchev–Trinajstić information content (AvgIpc) is 2.80. The van der Waals surface area contributed by atoms with Crippen molar-refractivity contribution in [1.82, 2.24) is 4.98 Å². The van der Waals surface area contributed by atoms with Gasteiger partial charge in [-0.15, -0.1) is 0 Å². The van der Waals surface area contributed by atoms with Gasteiger partial charge in [-0.1, -0.05) is 40.7 Å². The fourth-order valence-corrected chi connectivity index (χ4v) is 3.05. The molecule has 1 aliphatic rings. The van der Waals surface area contributed by atoms with Gasteiger partial charge in [0.15, 0.2) is 0 Å². The number of carbonyl (C=O) groups is 1. The molecule has 1 aromatic rings. The fraction of sp³-hybridized carbons (Fsp3) is 0.625. The van der Waals surface area contributed by atoms with E-state index in [9.17, 15) is 4.79 Å². The van der Waals surface area contributed by atoms with Crippen molar-refractivity contribution >= 4 is 5.78 Å². The number of aromatic nitrogens is 1. The molecule has 0 aromatic carbocycles. The van der Waals surface area contributed by atoms with Gasteiger partial charge in [0.05, 0.1) is 0 Å². The molecule has 98 valence electrons. The summed E-state index contributed by atoms with van der Waals surface area (Å²) in [5, 5.41) is 0. The van der Waals surface area contributed by atoms with E-state index in [1.54, 1.807) is 6.20 Å². The van der Waals surface area contributed by atoms with Crippen LogP contribution in [-0.4, -0.2) is 10.8 Å². The quantitative estimate of drug-likeness (QED) is 0.810. The molecule has 2 heteroatoms. The number of hydrogen-bond acceptors (Lipinski definition) is 2. The first kappa shape index (κ1) is 13.3. The Morgan fingerprint density at radius 2 is 2.06 bits per heavy atom. The molecular formula is C16H23NO. The van der Waals surface area contributed by atoms with Gasteiger partial charge in [0.25, 0.3) is 0 Å². The van der Waals surface area contributed by atoms with E-state index in [-0.39, 0.29) is 16.7 Å². The third kappa shape index (κ3) is 2.47. The second-order valence-corrected chi connectivity index (χ2v) is 7.27. The summed E-state index contributed by atoms with van der Waals surface area (Å²) >= 11 is 0. The minimum absolute atomic E-state index is 0.0786. The summed E-state index contributed by atoms with van der Waals surface area (Å²) in [5.74, 6) is 0.920. The molecule has 2 atom stereocenters. The minimum atomic E-state index is 0.0786. The Bertz CT molecular complexity index is 442.